The van der Waals surface area contributed by atoms with Crippen molar-refractivity contribution in [3.8, 4) is 0 Å². The molecule has 0 aromatic carbocycles. The first-order valence-corrected chi connectivity index (χ1v) is 43.1. The maximum Gasteiger partial charge on any atom is 0.511 e. The van der Waals surface area contributed by atoms with Crippen LogP contribution in [0, 0.1) is 70.0 Å². The Bertz CT molecular complexity index is 3950. The zero-order valence-electron chi connectivity index (χ0n) is 76.8. The first kappa shape index (κ1) is 103. The summed E-state index contributed by atoms with van der Waals surface area (Å²) in [5, 5.41) is 35.0. The van der Waals surface area contributed by atoms with Crippen molar-refractivity contribution in [3.63, 3.8) is 0 Å². The Morgan fingerprint density at radius 3 is 1.62 bits per heavy atom. The van der Waals surface area contributed by atoms with Gasteiger partial charge in [0, 0.05) is 78.2 Å². The highest BCUT2D eigenvalue weighted by Crippen LogP contribution is 2.67. The Morgan fingerprint density at radius 1 is 0.574 bits per heavy atom. The smallest absolute Gasteiger partial charge is 0.454 e. The van der Waals surface area contributed by atoms with Crippen LogP contribution in [0.3, 0.4) is 0 Å². The van der Waals surface area contributed by atoms with Gasteiger partial charge in [0.2, 0.25) is 77.6 Å². The highest BCUT2D eigenvalue weighted by Gasteiger charge is 2.68. The molecule has 122 heavy (non-hydrogen) atoms. The molecule has 4 fully saturated rings. The molecule has 5 rings (SSSR count). The van der Waals surface area contributed by atoms with E-state index in [9.17, 15) is 67.7 Å². The van der Waals surface area contributed by atoms with Gasteiger partial charge in [-0.15, -0.1) is 0 Å². The van der Waals surface area contributed by atoms with E-state index in [1.54, 1.807) is 73.6 Å². The summed E-state index contributed by atoms with van der Waals surface area (Å²) in [6.45, 7) is 29.9. The number of ketones is 2. The fourth-order valence-corrected chi connectivity index (χ4v) is 18.4. The Morgan fingerprint density at radius 2 is 1.08 bits per heavy atom. The van der Waals surface area contributed by atoms with Crippen LogP contribution in [0.5, 0.6) is 0 Å². The normalized spacial score (nSPS) is 30.4. The topological polar surface area (TPSA) is 421 Å². The number of carbonyl (C=O) groups is 16. The van der Waals surface area contributed by atoms with Gasteiger partial charge in [0.1, 0.15) is 72.1 Å². The third kappa shape index (κ3) is 24.8. The van der Waals surface area contributed by atoms with Crippen LogP contribution in [0.2, 0.25) is 0 Å². The molecule has 6 N–H and O–H groups in total. The van der Waals surface area contributed by atoms with Crippen molar-refractivity contribution in [2.24, 2.45) is 70.0 Å². The predicted molar refractivity (Wildman–Crippen MR) is 453 cm³/mol. The van der Waals surface area contributed by atoms with E-state index in [-0.39, 0.29) is 98.6 Å². The third-order valence-corrected chi connectivity index (χ3v) is 25.5. The molecule has 0 aromatic heterocycles. The van der Waals surface area contributed by atoms with Crippen molar-refractivity contribution >= 4 is 94.6 Å². The molecule has 3 saturated carbocycles. The highest BCUT2D eigenvalue weighted by molar-refractivity contribution is 6.02. The van der Waals surface area contributed by atoms with Crippen LogP contribution < -0.4 is 21.3 Å². The minimum Gasteiger partial charge on any atom is -0.454 e. The van der Waals surface area contributed by atoms with Crippen molar-refractivity contribution in [3.05, 3.63) is 48.1 Å². The zero-order chi connectivity index (χ0) is 92.6. The molecule has 0 aromatic rings. The SMILES string of the molecule is C/C=C/C[C@@H](C)C(OC(=O)OCOC(=O)/C=C/C(=O)OCC(=O)[C@@]1(O)CCC2C3CCC4=CC(=O)C=C[C@]4(C)C3[C@@H](O)C[C@@]21C)C1C(=O)NC(CC)C(=O)N(C)CC(=O)N(C)[C@@H](CC(C)C)C(=O)NC(C(C)C)C(=O)N(C)C(CC(C)C)C(=O)NC(C)C(=O)NC(C)C(=O)N(C)C(CC(C)C)C(=O)N(C)C(CC(C)C)C(=O)N(C)C(C(C)C)C(=O)N1C. The minimum absolute atomic E-state index is 0.0242. The Hall–Kier alpha value is -9.40. The molecule has 684 valence electrons. The first-order chi connectivity index (χ1) is 56.7. The number of ether oxygens (including phenoxy) is 4. The quantitative estimate of drug-likeness (QED) is 0.0238. The van der Waals surface area contributed by atoms with E-state index in [4.69, 9.17) is 18.9 Å². The molecule has 4 aliphatic carbocycles. The van der Waals surface area contributed by atoms with Crippen LogP contribution in [0.4, 0.5) is 4.79 Å². The lowest BCUT2D eigenvalue weighted by Gasteiger charge is -2.59. The van der Waals surface area contributed by atoms with Gasteiger partial charge in [-0.1, -0.05) is 135 Å². The Kier molecular flexibility index (Phi) is 37.4. The van der Waals surface area contributed by atoms with Gasteiger partial charge < -0.3 is 84.7 Å². The average molecular weight is 1720 g/mol. The van der Waals surface area contributed by atoms with Gasteiger partial charge in [-0.25, -0.2) is 14.4 Å². The van der Waals surface area contributed by atoms with Gasteiger partial charge >= 0.3 is 18.1 Å². The molecular formula is C89H141N11O22. The van der Waals surface area contributed by atoms with Crippen LogP contribution in [0.25, 0.3) is 0 Å². The molecule has 11 amide bonds. The number of allylic oxidation sites excluding steroid dienone is 6. The van der Waals surface area contributed by atoms with E-state index in [0.29, 0.717) is 31.4 Å². The number of hydrogen-bond acceptors (Lipinski definition) is 22. The maximum atomic E-state index is 15.9. The summed E-state index contributed by atoms with van der Waals surface area (Å²) >= 11 is 0. The summed E-state index contributed by atoms with van der Waals surface area (Å²) in [4.78, 5) is 239. The second-order valence-electron chi connectivity index (χ2n) is 37.1. The monoisotopic (exact) mass is 1720 g/mol. The second-order valence-corrected chi connectivity index (χ2v) is 37.1. The number of esters is 2. The maximum absolute atomic E-state index is 15.9. The number of Topliss-reactive ketones (excluding diaryl/α,β-unsaturated/α-hetero) is 1. The summed E-state index contributed by atoms with van der Waals surface area (Å²) in [6.07, 6.45) is 7.35. The fraction of sp³-hybridized carbons (Fsp3) is 0.730. The summed E-state index contributed by atoms with van der Waals surface area (Å²) < 4.78 is 21.7. The predicted octanol–water partition coefficient (Wildman–Crippen LogP) is 5.61. The van der Waals surface area contributed by atoms with Gasteiger partial charge in [0.25, 0.3) is 0 Å². The van der Waals surface area contributed by atoms with Crippen LogP contribution in [-0.4, -0.2) is 287 Å². The van der Waals surface area contributed by atoms with E-state index in [1.165, 1.54) is 84.0 Å². The van der Waals surface area contributed by atoms with Gasteiger partial charge in [-0.05, 0) is 157 Å². The molecule has 13 unspecified atom stereocenters. The van der Waals surface area contributed by atoms with Crippen molar-refractivity contribution in [2.45, 2.75) is 280 Å². The fourth-order valence-electron chi connectivity index (χ4n) is 18.4. The van der Waals surface area contributed by atoms with Crippen LogP contribution >= 0.6 is 0 Å². The lowest BCUT2D eigenvalue weighted by Crippen LogP contribution is -2.64. The first-order valence-electron chi connectivity index (χ1n) is 43.1. The highest BCUT2D eigenvalue weighted by atomic mass is 16.8. The van der Waals surface area contributed by atoms with Gasteiger partial charge in [-0.3, -0.25) is 62.3 Å². The van der Waals surface area contributed by atoms with E-state index >= 15 is 19.2 Å². The van der Waals surface area contributed by atoms with Crippen molar-refractivity contribution in [2.75, 3.05) is 69.3 Å². The lowest BCUT2D eigenvalue weighted by atomic mass is 9.46. The van der Waals surface area contributed by atoms with E-state index < -0.39 is 216 Å². The number of rotatable bonds is 23. The number of aliphatic hydroxyl groups is 2. The number of hydrogen-bond donors (Lipinski definition) is 6. The molecule has 0 bridgehead atoms. The summed E-state index contributed by atoms with van der Waals surface area (Å²) in [6, 6.07) is -13.8. The van der Waals surface area contributed by atoms with Crippen molar-refractivity contribution in [1.82, 2.24) is 55.6 Å². The summed E-state index contributed by atoms with van der Waals surface area (Å²) in [5.41, 5.74) is -2.74. The molecular weight excluding hydrogens is 1580 g/mol. The van der Waals surface area contributed by atoms with E-state index in [2.05, 4.69) is 21.3 Å². The molecule has 33 nitrogen and oxygen atoms in total. The van der Waals surface area contributed by atoms with E-state index in [1.807, 2.05) is 68.4 Å². The average Bonchev–Trinajstić information content (AvgIpc) is 1.49. The standard InChI is InChI=1S/C89H141N11O22/c1-27-29-30-54(15)75(122-86(117)121-47-120-70(106)34-33-69(105)119-46-67(103)89(118)38-36-60-59-32-31-57-43-58(101)35-37-87(57,18)71(59)66(102)44-88(60,89)19)74-79(110)92-61(28-2)81(112)94(20)45-68(104)95(21)62(39-48(3)4)78(109)93-72(52(11)12)84(115)96(22)63(40-49(5)6)77(108)90-55(16)76(107)91-56(17)80(111)97(23)64(41-50(7)8)82(113)98(24)65(42-51(9)10)83(114)99(25)73(53(13)14)85(116)100(74)26/h27,29,33-35,37,43,48-56,59-66,71-75,102,118H,28,30-32,36,38-42,44-47H2,1-26H3,(H,90,108)(H,91,107)(H,92,110)(H,93,109)/b29-27+,34-33+/t54-,55?,56?,59?,60?,61?,62+,63?,64?,65?,66+,71?,72?,73?,74?,75?,87+,88+,89+/m1/s1. The number of aliphatic hydroxyl groups excluding tert-OH is 1. The minimum atomic E-state index is -1.99. The third-order valence-electron chi connectivity index (χ3n) is 25.5. The van der Waals surface area contributed by atoms with Gasteiger partial charge in [0.05, 0.1) is 12.6 Å². The molecule has 5 aliphatic rings. The van der Waals surface area contributed by atoms with Crippen molar-refractivity contribution in [1.29, 1.82) is 0 Å². The number of fused-ring (bicyclic) bond motifs is 5. The molecule has 19 atom stereocenters. The molecule has 1 saturated heterocycles. The van der Waals surface area contributed by atoms with Gasteiger partial charge in [-0.2, -0.15) is 0 Å². The molecule has 0 spiro atoms. The lowest BCUT2D eigenvalue weighted by molar-refractivity contribution is -0.180. The Labute approximate surface area is 720 Å². The molecule has 0 radical (unpaired) electrons. The Balaban J connectivity index is 1.53. The number of likely N-dealkylation sites (N-methyl/N-ethyl adjacent to an activating group) is 7. The summed E-state index contributed by atoms with van der Waals surface area (Å²) in [5.74, 6) is -15.8. The second kappa shape index (κ2) is 44.3. The van der Waals surface area contributed by atoms with Crippen molar-refractivity contribution < 1.29 is 106 Å². The molecule has 33 heteroatoms. The van der Waals surface area contributed by atoms with Gasteiger partial charge in [0.15, 0.2) is 12.4 Å². The number of nitrogens with one attached hydrogen (secondary N) is 4. The number of amides is 11. The van der Waals surface area contributed by atoms with Crippen LogP contribution in [-0.2, 0) is 90.9 Å². The molecule has 1 aliphatic heterocycles. The zero-order valence-corrected chi connectivity index (χ0v) is 76.8. The number of carbonyl (C=O) groups excluding carboxylic acids is 16. The molecule has 1 heterocycles. The van der Waals surface area contributed by atoms with Crippen LogP contribution in [0.1, 0.15) is 202 Å². The largest absolute Gasteiger partial charge is 0.511 e. The summed E-state index contributed by atoms with van der Waals surface area (Å²) in [7, 11) is 9.42. The van der Waals surface area contributed by atoms with Crippen LogP contribution in [0.15, 0.2) is 48.1 Å². The number of nitrogens with zero attached hydrogens (tertiary/aromatic N) is 7. The van der Waals surface area contributed by atoms with E-state index in [0.717, 1.165) is 25.2 Å².